The minimum atomic E-state index is 0.487. The van der Waals surface area contributed by atoms with Gasteiger partial charge in [-0.1, -0.05) is 34.8 Å². The van der Waals surface area contributed by atoms with Crippen molar-refractivity contribution in [2.75, 3.05) is 11.9 Å². The zero-order chi connectivity index (χ0) is 16.1. The molecule has 0 aliphatic carbocycles. The van der Waals surface area contributed by atoms with Gasteiger partial charge in [0.25, 0.3) is 0 Å². The van der Waals surface area contributed by atoms with E-state index < -0.39 is 0 Å². The van der Waals surface area contributed by atoms with Crippen molar-refractivity contribution in [3.63, 3.8) is 0 Å². The maximum atomic E-state index is 5.96. The van der Waals surface area contributed by atoms with Crippen molar-refractivity contribution < 1.29 is 0 Å². The maximum Gasteiger partial charge on any atom is 0.170 e. The predicted octanol–water partition coefficient (Wildman–Crippen LogP) is 4.53. The minimum Gasteiger partial charge on any atom is -0.362 e. The molecule has 0 aliphatic heterocycles. The number of nitrogens with zero attached hydrogens (tertiary/aromatic N) is 2. The van der Waals surface area contributed by atoms with Crippen molar-refractivity contribution in [3.8, 4) is 0 Å². The Kier molecular flexibility index (Phi) is 6.32. The van der Waals surface area contributed by atoms with Gasteiger partial charge >= 0.3 is 0 Å². The fourth-order valence-electron chi connectivity index (χ4n) is 1.83. The summed E-state index contributed by atoms with van der Waals surface area (Å²) in [6.07, 6.45) is 2.53. The summed E-state index contributed by atoms with van der Waals surface area (Å²) in [6, 6.07) is 5.27. The Labute approximate surface area is 149 Å². The summed E-state index contributed by atoms with van der Waals surface area (Å²) in [5.41, 5.74) is 1.76. The lowest BCUT2D eigenvalue weighted by Crippen LogP contribution is -2.29. The first-order chi connectivity index (χ1) is 10.5. The second-order valence-electron chi connectivity index (χ2n) is 4.66. The molecule has 0 fully saturated rings. The van der Waals surface area contributed by atoms with Gasteiger partial charge in [0.1, 0.15) is 0 Å². The summed E-state index contributed by atoms with van der Waals surface area (Å²) in [4.78, 5) is 0. The molecule has 0 spiro atoms. The molecule has 22 heavy (non-hydrogen) atoms. The van der Waals surface area contributed by atoms with Crippen LogP contribution in [-0.2, 0) is 6.54 Å². The Morgan fingerprint density at radius 1 is 1.23 bits per heavy atom. The van der Waals surface area contributed by atoms with E-state index in [0.29, 0.717) is 20.2 Å². The molecule has 2 rings (SSSR count). The molecular formula is C14H15Cl3N4S. The first kappa shape index (κ1) is 17.3. The van der Waals surface area contributed by atoms with Crippen LogP contribution in [-0.4, -0.2) is 21.4 Å². The third-order valence-corrected chi connectivity index (χ3v) is 4.41. The Morgan fingerprint density at radius 3 is 2.64 bits per heavy atom. The third-order valence-electron chi connectivity index (χ3n) is 3.05. The monoisotopic (exact) mass is 376 g/mol. The number of thiocarbonyl (C=S) groups is 1. The molecule has 0 saturated carbocycles. The molecular weight excluding hydrogens is 363 g/mol. The molecule has 0 saturated heterocycles. The summed E-state index contributed by atoms with van der Waals surface area (Å²) in [5, 5.41) is 12.6. The topological polar surface area (TPSA) is 41.9 Å². The lowest BCUT2D eigenvalue weighted by Gasteiger charge is -2.11. The van der Waals surface area contributed by atoms with Crippen LogP contribution < -0.4 is 10.6 Å². The van der Waals surface area contributed by atoms with Crippen LogP contribution in [0.15, 0.2) is 24.4 Å². The number of nitrogens with one attached hydrogen (secondary N) is 2. The third kappa shape index (κ3) is 4.74. The molecule has 1 aromatic carbocycles. The van der Waals surface area contributed by atoms with Gasteiger partial charge in [0.15, 0.2) is 5.11 Å². The molecule has 0 aliphatic rings. The van der Waals surface area contributed by atoms with Crippen molar-refractivity contribution in [3.05, 3.63) is 45.2 Å². The summed E-state index contributed by atoms with van der Waals surface area (Å²) in [5.74, 6) is 0. The minimum absolute atomic E-state index is 0.487. The van der Waals surface area contributed by atoms with E-state index >= 15 is 0 Å². The molecule has 2 aromatic rings. The van der Waals surface area contributed by atoms with Crippen LogP contribution in [0.1, 0.15) is 12.1 Å². The summed E-state index contributed by atoms with van der Waals surface area (Å²) >= 11 is 23.0. The highest BCUT2D eigenvalue weighted by atomic mass is 35.5. The number of benzene rings is 1. The second-order valence-corrected chi connectivity index (χ2v) is 6.29. The molecule has 2 N–H and O–H groups in total. The van der Waals surface area contributed by atoms with Gasteiger partial charge < -0.3 is 10.6 Å². The van der Waals surface area contributed by atoms with Crippen LogP contribution in [0.3, 0.4) is 0 Å². The van der Waals surface area contributed by atoms with Gasteiger partial charge in [-0.25, -0.2) is 0 Å². The standard InChI is InChI=1S/C14H15Cl3N4S/c1-9-13(17)8-19-21(9)6-2-5-18-14(22)20-10-3-4-11(15)12(16)7-10/h3-4,7-8H,2,5-6H2,1H3,(H2,18,20,22). The van der Waals surface area contributed by atoms with Gasteiger partial charge in [0.2, 0.25) is 0 Å². The highest BCUT2D eigenvalue weighted by Crippen LogP contribution is 2.24. The maximum absolute atomic E-state index is 5.96. The highest BCUT2D eigenvalue weighted by molar-refractivity contribution is 7.80. The fraction of sp³-hybridized carbons (Fsp3) is 0.286. The normalized spacial score (nSPS) is 10.5. The zero-order valence-electron chi connectivity index (χ0n) is 11.9. The molecule has 0 unspecified atom stereocenters. The number of aryl methyl sites for hydroxylation is 1. The molecule has 1 aromatic heterocycles. The number of rotatable bonds is 5. The van der Waals surface area contributed by atoms with Crippen LogP contribution >= 0.6 is 47.0 Å². The Balaban J connectivity index is 1.73. The Hall–Kier alpha value is -1.01. The second kappa shape index (κ2) is 8.02. The Morgan fingerprint density at radius 2 is 2.00 bits per heavy atom. The SMILES string of the molecule is Cc1c(Cl)cnn1CCCNC(=S)Nc1ccc(Cl)c(Cl)c1. The van der Waals surface area contributed by atoms with Crippen molar-refractivity contribution in [2.45, 2.75) is 19.9 Å². The van der Waals surface area contributed by atoms with Crippen molar-refractivity contribution in [1.29, 1.82) is 0 Å². The number of aromatic nitrogens is 2. The molecule has 1 heterocycles. The molecule has 0 atom stereocenters. The molecule has 118 valence electrons. The lowest BCUT2D eigenvalue weighted by atomic mass is 10.3. The van der Waals surface area contributed by atoms with E-state index in [2.05, 4.69) is 15.7 Å². The first-order valence-corrected chi connectivity index (χ1v) is 8.19. The molecule has 4 nitrogen and oxygen atoms in total. The van der Waals surface area contributed by atoms with Crippen LogP contribution in [0, 0.1) is 6.92 Å². The molecule has 0 bridgehead atoms. The van der Waals surface area contributed by atoms with E-state index in [9.17, 15) is 0 Å². The summed E-state index contributed by atoms with van der Waals surface area (Å²) < 4.78 is 1.87. The average molecular weight is 378 g/mol. The average Bonchev–Trinajstić information content (AvgIpc) is 2.79. The van der Waals surface area contributed by atoms with E-state index in [1.54, 1.807) is 18.3 Å². The van der Waals surface area contributed by atoms with Gasteiger partial charge in [-0.2, -0.15) is 5.10 Å². The fourth-order valence-corrected chi connectivity index (χ4v) is 2.49. The molecule has 0 radical (unpaired) electrons. The zero-order valence-corrected chi connectivity index (χ0v) is 15.0. The quantitative estimate of drug-likeness (QED) is 0.593. The van der Waals surface area contributed by atoms with Gasteiger partial charge in [0.05, 0.1) is 27.0 Å². The highest BCUT2D eigenvalue weighted by Gasteiger charge is 2.04. The lowest BCUT2D eigenvalue weighted by molar-refractivity contribution is 0.561. The van der Waals surface area contributed by atoms with E-state index in [-0.39, 0.29) is 0 Å². The Bertz CT molecular complexity index is 672. The van der Waals surface area contributed by atoms with Crippen molar-refractivity contribution >= 4 is 57.8 Å². The smallest absolute Gasteiger partial charge is 0.170 e. The number of halogens is 3. The largest absolute Gasteiger partial charge is 0.362 e. The summed E-state index contributed by atoms with van der Waals surface area (Å²) in [7, 11) is 0. The first-order valence-electron chi connectivity index (χ1n) is 6.65. The number of hydrogen-bond acceptors (Lipinski definition) is 2. The van der Waals surface area contributed by atoms with E-state index in [1.807, 2.05) is 17.7 Å². The molecule has 8 heteroatoms. The van der Waals surface area contributed by atoms with Gasteiger partial charge in [0, 0.05) is 18.8 Å². The predicted molar refractivity (Wildman–Crippen MR) is 97.3 cm³/mol. The van der Waals surface area contributed by atoms with Crippen LogP contribution in [0.5, 0.6) is 0 Å². The molecule has 0 amide bonds. The van der Waals surface area contributed by atoms with E-state index in [1.165, 1.54) is 0 Å². The number of hydrogen-bond donors (Lipinski definition) is 2. The van der Waals surface area contributed by atoms with Crippen LogP contribution in [0.25, 0.3) is 0 Å². The van der Waals surface area contributed by atoms with Crippen LogP contribution in [0.4, 0.5) is 5.69 Å². The number of anilines is 1. The van der Waals surface area contributed by atoms with Gasteiger partial charge in [-0.15, -0.1) is 0 Å². The van der Waals surface area contributed by atoms with Crippen molar-refractivity contribution in [1.82, 2.24) is 15.1 Å². The van der Waals surface area contributed by atoms with Gasteiger partial charge in [-0.3, -0.25) is 4.68 Å². The summed E-state index contributed by atoms with van der Waals surface area (Å²) in [6.45, 7) is 3.45. The van der Waals surface area contributed by atoms with Crippen molar-refractivity contribution in [2.24, 2.45) is 0 Å². The van der Waals surface area contributed by atoms with E-state index in [4.69, 9.17) is 47.0 Å². The van der Waals surface area contributed by atoms with Crippen LogP contribution in [0.2, 0.25) is 15.1 Å². The van der Waals surface area contributed by atoms with E-state index in [0.717, 1.165) is 30.9 Å². The van der Waals surface area contributed by atoms with Gasteiger partial charge in [-0.05, 0) is 43.8 Å².